The number of ketones is 1. The number of thioether (sulfide) groups is 1. The molecular weight excluding hydrogens is 272 g/mol. The van der Waals surface area contributed by atoms with Crippen LogP contribution in [0.4, 0.5) is 0 Å². The Bertz CT molecular complexity index is 575. The highest BCUT2D eigenvalue weighted by Gasteiger charge is 2.19. The van der Waals surface area contributed by atoms with Gasteiger partial charge in [-0.1, -0.05) is 42.1 Å². The van der Waals surface area contributed by atoms with E-state index in [9.17, 15) is 4.79 Å². The molecule has 1 aromatic carbocycles. The van der Waals surface area contributed by atoms with Gasteiger partial charge in [-0.25, -0.2) is 9.97 Å². The number of ether oxygens (including phenoxy) is 1. The van der Waals surface area contributed by atoms with Gasteiger partial charge in [-0.15, -0.1) is 0 Å². The molecule has 4 nitrogen and oxygen atoms in total. The number of carbonyl (C=O) groups excluding carboxylic acids is 1. The van der Waals surface area contributed by atoms with Crippen LogP contribution in [-0.4, -0.2) is 22.0 Å². The van der Waals surface area contributed by atoms with Crippen molar-refractivity contribution in [2.75, 3.05) is 6.26 Å². The van der Waals surface area contributed by atoms with Gasteiger partial charge in [-0.05, 0) is 24.8 Å². The first-order valence-electron chi connectivity index (χ1n) is 6.23. The Morgan fingerprint density at radius 3 is 2.70 bits per heavy atom. The fourth-order valence-electron chi connectivity index (χ4n) is 1.76. The Balaban J connectivity index is 2.12. The van der Waals surface area contributed by atoms with E-state index in [1.165, 1.54) is 18.7 Å². The van der Waals surface area contributed by atoms with Gasteiger partial charge in [-0.2, -0.15) is 0 Å². The summed E-state index contributed by atoms with van der Waals surface area (Å²) in [5, 5.41) is 0.636. The van der Waals surface area contributed by atoms with Gasteiger partial charge in [0, 0.05) is 6.20 Å². The van der Waals surface area contributed by atoms with Crippen LogP contribution >= 0.6 is 11.8 Å². The number of aromatic nitrogens is 2. The predicted molar refractivity (Wildman–Crippen MR) is 78.5 cm³/mol. The third-order valence-electron chi connectivity index (χ3n) is 2.73. The van der Waals surface area contributed by atoms with Crippen molar-refractivity contribution in [2.24, 2.45) is 0 Å². The maximum Gasteiger partial charge on any atom is 0.187 e. The lowest BCUT2D eigenvalue weighted by Crippen LogP contribution is -2.15. The summed E-state index contributed by atoms with van der Waals surface area (Å²) >= 11 is 1.44. The van der Waals surface area contributed by atoms with Crippen LogP contribution in [0, 0.1) is 0 Å². The molecule has 0 fully saturated rings. The van der Waals surface area contributed by atoms with Gasteiger partial charge in [0.15, 0.2) is 17.0 Å². The molecule has 1 heterocycles. The van der Waals surface area contributed by atoms with E-state index in [-0.39, 0.29) is 5.78 Å². The molecule has 20 heavy (non-hydrogen) atoms. The largest absolute Gasteiger partial charge is 0.359 e. The van der Waals surface area contributed by atoms with Crippen molar-refractivity contribution >= 4 is 17.5 Å². The minimum Gasteiger partial charge on any atom is -0.359 e. The smallest absolute Gasteiger partial charge is 0.187 e. The summed E-state index contributed by atoms with van der Waals surface area (Å²) < 4.78 is 5.73. The maximum absolute atomic E-state index is 11.8. The van der Waals surface area contributed by atoms with E-state index in [2.05, 4.69) is 9.97 Å². The van der Waals surface area contributed by atoms with Gasteiger partial charge in [0.1, 0.15) is 0 Å². The van der Waals surface area contributed by atoms with E-state index in [0.717, 1.165) is 5.56 Å². The fraction of sp³-hybridized carbons (Fsp3) is 0.267. The molecule has 0 saturated heterocycles. The molecule has 2 aromatic rings. The molecule has 0 radical (unpaired) electrons. The fourth-order valence-corrected chi connectivity index (χ4v) is 2.13. The highest BCUT2D eigenvalue weighted by atomic mass is 32.2. The van der Waals surface area contributed by atoms with Gasteiger partial charge in [0.05, 0.1) is 12.3 Å². The molecule has 0 aliphatic heterocycles. The van der Waals surface area contributed by atoms with Crippen LogP contribution in [0.15, 0.2) is 47.8 Å². The number of carbonyl (C=O) groups is 1. The zero-order chi connectivity index (χ0) is 14.4. The molecule has 0 amide bonds. The molecule has 5 heteroatoms. The third kappa shape index (κ3) is 3.88. The van der Waals surface area contributed by atoms with Crippen molar-refractivity contribution < 1.29 is 9.53 Å². The second-order valence-electron chi connectivity index (χ2n) is 4.26. The molecule has 104 valence electrons. The molecule has 0 spiro atoms. The first-order chi connectivity index (χ1) is 9.70. The van der Waals surface area contributed by atoms with Gasteiger partial charge < -0.3 is 4.74 Å². The van der Waals surface area contributed by atoms with Crippen LogP contribution in [0.5, 0.6) is 0 Å². The topological polar surface area (TPSA) is 52.1 Å². The average molecular weight is 288 g/mol. The summed E-state index contributed by atoms with van der Waals surface area (Å²) in [6, 6.07) is 11.5. The molecule has 0 aliphatic rings. The molecular formula is C15H16N2O2S. The van der Waals surface area contributed by atoms with Crippen molar-refractivity contribution in [3.8, 4) is 0 Å². The molecule has 1 atom stereocenters. The minimum absolute atomic E-state index is 0.0633. The zero-order valence-electron chi connectivity index (χ0n) is 11.4. The lowest BCUT2D eigenvalue weighted by atomic mass is 10.1. The maximum atomic E-state index is 11.8. The van der Waals surface area contributed by atoms with E-state index >= 15 is 0 Å². The second-order valence-corrected chi connectivity index (χ2v) is 5.03. The molecule has 0 saturated carbocycles. The van der Waals surface area contributed by atoms with Crippen LogP contribution in [0.2, 0.25) is 0 Å². The van der Waals surface area contributed by atoms with Crippen LogP contribution in [0.1, 0.15) is 24.3 Å². The highest BCUT2D eigenvalue weighted by molar-refractivity contribution is 7.98. The quantitative estimate of drug-likeness (QED) is 0.604. The van der Waals surface area contributed by atoms with Gasteiger partial charge in [0.25, 0.3) is 0 Å². The Morgan fingerprint density at radius 1 is 1.30 bits per heavy atom. The van der Waals surface area contributed by atoms with Crippen LogP contribution < -0.4 is 0 Å². The number of Topliss-reactive ketones (excluding diaryl/α,β-unsaturated/α-hetero) is 1. The standard InChI is InChI=1S/C15H16N2O2S/c1-11(18)14(13-8-9-16-15(17-13)20-2)19-10-12-6-4-3-5-7-12/h3-9,14H,10H2,1-2H3. The number of hydrogen-bond donors (Lipinski definition) is 0. The Labute approximate surface area is 122 Å². The Morgan fingerprint density at radius 2 is 2.05 bits per heavy atom. The predicted octanol–water partition coefficient (Wildman–Crippen LogP) is 3.05. The SMILES string of the molecule is CSc1nccc(C(OCc2ccccc2)C(C)=O)n1. The zero-order valence-corrected chi connectivity index (χ0v) is 12.3. The molecule has 1 aromatic heterocycles. The normalized spacial score (nSPS) is 12.1. The summed E-state index contributed by atoms with van der Waals surface area (Å²) in [4.78, 5) is 20.2. The van der Waals surface area contributed by atoms with Crippen molar-refractivity contribution in [1.82, 2.24) is 9.97 Å². The van der Waals surface area contributed by atoms with E-state index in [1.807, 2.05) is 36.6 Å². The van der Waals surface area contributed by atoms with Gasteiger partial charge >= 0.3 is 0 Å². The van der Waals surface area contributed by atoms with E-state index in [4.69, 9.17) is 4.74 Å². The number of rotatable bonds is 6. The molecule has 1 unspecified atom stereocenters. The molecule has 0 bridgehead atoms. The lowest BCUT2D eigenvalue weighted by Gasteiger charge is -2.15. The summed E-state index contributed by atoms with van der Waals surface area (Å²) in [7, 11) is 0. The first kappa shape index (κ1) is 14.7. The van der Waals surface area contributed by atoms with E-state index < -0.39 is 6.10 Å². The number of nitrogens with zero attached hydrogens (tertiary/aromatic N) is 2. The van der Waals surface area contributed by atoms with Crippen LogP contribution in [0.25, 0.3) is 0 Å². The molecule has 0 aliphatic carbocycles. The lowest BCUT2D eigenvalue weighted by molar-refractivity contribution is -0.129. The monoisotopic (exact) mass is 288 g/mol. The average Bonchev–Trinajstić information content (AvgIpc) is 2.48. The van der Waals surface area contributed by atoms with Crippen molar-refractivity contribution in [3.05, 3.63) is 53.9 Å². The Kier molecular flexibility index (Phi) is 5.26. The minimum atomic E-state index is -0.649. The summed E-state index contributed by atoms with van der Waals surface area (Å²) in [6.07, 6.45) is 2.90. The van der Waals surface area contributed by atoms with Crippen molar-refractivity contribution in [1.29, 1.82) is 0 Å². The third-order valence-corrected chi connectivity index (χ3v) is 3.30. The second kappa shape index (κ2) is 7.17. The van der Waals surface area contributed by atoms with Crippen molar-refractivity contribution in [2.45, 2.75) is 24.8 Å². The van der Waals surface area contributed by atoms with Crippen LogP contribution in [0.3, 0.4) is 0 Å². The van der Waals surface area contributed by atoms with E-state index in [0.29, 0.717) is 17.5 Å². The summed E-state index contributed by atoms with van der Waals surface area (Å²) in [6.45, 7) is 1.89. The first-order valence-corrected chi connectivity index (χ1v) is 7.46. The molecule has 2 rings (SSSR count). The summed E-state index contributed by atoms with van der Waals surface area (Å²) in [5.41, 5.74) is 1.63. The summed E-state index contributed by atoms with van der Waals surface area (Å²) in [5.74, 6) is -0.0633. The molecule has 0 N–H and O–H groups in total. The highest BCUT2D eigenvalue weighted by Crippen LogP contribution is 2.20. The van der Waals surface area contributed by atoms with E-state index in [1.54, 1.807) is 12.3 Å². The number of hydrogen-bond acceptors (Lipinski definition) is 5. The van der Waals surface area contributed by atoms with Gasteiger partial charge in [-0.3, -0.25) is 4.79 Å². The Hall–Kier alpha value is -1.72. The van der Waals surface area contributed by atoms with Gasteiger partial charge in [0.2, 0.25) is 0 Å². The number of benzene rings is 1. The van der Waals surface area contributed by atoms with Crippen molar-refractivity contribution in [3.63, 3.8) is 0 Å². The van der Waals surface area contributed by atoms with Crippen LogP contribution in [-0.2, 0) is 16.1 Å².